The summed E-state index contributed by atoms with van der Waals surface area (Å²) in [6, 6.07) is 13.3. The highest BCUT2D eigenvalue weighted by Gasteiger charge is 2.37. The number of nitrogens with two attached hydrogens (primary N) is 1. The van der Waals surface area contributed by atoms with Crippen LogP contribution in [0.25, 0.3) is 0 Å². The highest BCUT2D eigenvalue weighted by molar-refractivity contribution is 5.92. The minimum Gasteiger partial charge on any atom is -0.508 e. The average molecular weight is 597 g/mol. The summed E-state index contributed by atoms with van der Waals surface area (Å²) in [6.45, 7) is 7.62. The van der Waals surface area contributed by atoms with E-state index in [4.69, 9.17) is 10.5 Å². The van der Waals surface area contributed by atoms with E-state index < -0.39 is 41.5 Å². The van der Waals surface area contributed by atoms with Crippen molar-refractivity contribution in [1.82, 2.24) is 15.5 Å². The van der Waals surface area contributed by atoms with Crippen molar-refractivity contribution in [1.29, 1.82) is 0 Å². The second kappa shape index (κ2) is 17.8. The Morgan fingerprint density at radius 3 is 2.19 bits per heavy atom. The number of para-hydroxylation sites is 1. The summed E-state index contributed by atoms with van der Waals surface area (Å²) >= 11 is 0. The molecule has 0 saturated carbocycles. The topological polar surface area (TPSA) is 151 Å². The Labute approximate surface area is 255 Å². The predicted octanol–water partition coefficient (Wildman–Crippen LogP) is 5.10. The summed E-state index contributed by atoms with van der Waals surface area (Å²) in [4.78, 5) is 54.0. The zero-order valence-electron chi connectivity index (χ0n) is 25.9. The van der Waals surface area contributed by atoms with Crippen molar-refractivity contribution in [2.24, 2.45) is 5.73 Å². The van der Waals surface area contributed by atoms with Crippen LogP contribution in [0.15, 0.2) is 54.6 Å². The van der Waals surface area contributed by atoms with Crippen LogP contribution in [0.3, 0.4) is 0 Å². The van der Waals surface area contributed by atoms with Gasteiger partial charge in [0, 0.05) is 25.1 Å². The van der Waals surface area contributed by atoms with E-state index in [-0.39, 0.29) is 37.2 Å². The molecule has 4 amide bonds. The fraction of sp³-hybridized carbons (Fsp3) is 0.515. The number of rotatable bonds is 17. The maximum atomic E-state index is 14.3. The molecule has 2 atom stereocenters. The van der Waals surface area contributed by atoms with Crippen LogP contribution >= 0.6 is 0 Å². The molecule has 0 fully saturated rings. The van der Waals surface area contributed by atoms with Gasteiger partial charge in [-0.15, -0.1) is 0 Å². The number of nitrogens with zero attached hydrogens (tertiary/aromatic N) is 1. The molecule has 0 spiro atoms. The maximum absolute atomic E-state index is 14.3. The van der Waals surface area contributed by atoms with Crippen LogP contribution in [-0.4, -0.2) is 52.0 Å². The number of benzene rings is 2. The van der Waals surface area contributed by atoms with Crippen LogP contribution in [0.4, 0.5) is 4.79 Å². The molecule has 0 aliphatic heterocycles. The summed E-state index contributed by atoms with van der Waals surface area (Å²) in [6.07, 6.45) is 4.58. The van der Waals surface area contributed by atoms with Gasteiger partial charge in [0.05, 0.1) is 0 Å². The number of nitrogens with one attached hydrogen (secondary N) is 2. The van der Waals surface area contributed by atoms with Gasteiger partial charge >= 0.3 is 6.09 Å². The number of alkyl carbamates (subject to hydrolysis) is 1. The third-order valence-electron chi connectivity index (χ3n) is 6.81. The van der Waals surface area contributed by atoms with Crippen molar-refractivity contribution in [2.45, 2.75) is 103 Å². The average Bonchev–Trinajstić information content (AvgIpc) is 2.95. The molecule has 43 heavy (non-hydrogen) atoms. The molecule has 0 bridgehead atoms. The van der Waals surface area contributed by atoms with Crippen molar-refractivity contribution < 1.29 is 29.0 Å². The van der Waals surface area contributed by atoms with E-state index in [0.717, 1.165) is 37.7 Å². The van der Waals surface area contributed by atoms with E-state index in [9.17, 15) is 24.3 Å². The first-order chi connectivity index (χ1) is 20.4. The molecule has 2 aromatic rings. The first-order valence-corrected chi connectivity index (χ1v) is 15.1. The Morgan fingerprint density at radius 2 is 1.56 bits per heavy atom. The third kappa shape index (κ3) is 12.8. The number of phenols is 1. The number of primary amides is 1. The highest BCUT2D eigenvalue weighted by atomic mass is 16.6. The molecule has 2 aromatic carbocycles. The smallest absolute Gasteiger partial charge is 0.408 e. The molecule has 236 valence electrons. The number of aromatic hydroxyl groups is 1. The Balaban J connectivity index is 2.47. The standard InChI is InChI=1S/C33H48N4O6/c1-5-6-7-8-9-15-22-37(31(41)26(20-21-28(34)39)36-32(42)43-33(2,3)4)29(25-18-13-14-19-27(25)38)30(40)35-23-24-16-11-10-12-17-24/h10-14,16-19,26,29,38H,5-9,15,20-23H2,1-4H3,(H2,34,39)(H,35,40)(H,36,42). The lowest BCUT2D eigenvalue weighted by Gasteiger charge is -2.35. The molecule has 0 aliphatic carbocycles. The van der Waals surface area contributed by atoms with Gasteiger partial charge in [-0.25, -0.2) is 4.79 Å². The largest absolute Gasteiger partial charge is 0.508 e. The number of carbonyl (C=O) groups excluding carboxylic acids is 4. The molecule has 0 heterocycles. The zero-order chi connectivity index (χ0) is 31.8. The molecule has 0 radical (unpaired) electrons. The Bertz CT molecular complexity index is 1180. The van der Waals surface area contributed by atoms with Crippen LogP contribution in [-0.2, 0) is 25.7 Å². The fourth-order valence-corrected chi connectivity index (χ4v) is 4.67. The van der Waals surface area contributed by atoms with Gasteiger partial charge in [-0.1, -0.05) is 87.6 Å². The summed E-state index contributed by atoms with van der Waals surface area (Å²) in [5.41, 5.74) is 5.69. The lowest BCUT2D eigenvalue weighted by atomic mass is 9.99. The van der Waals surface area contributed by atoms with Gasteiger partial charge in [0.15, 0.2) is 0 Å². The molecular formula is C33H48N4O6. The van der Waals surface area contributed by atoms with Crippen LogP contribution in [0.1, 0.15) is 96.2 Å². The fourth-order valence-electron chi connectivity index (χ4n) is 4.67. The van der Waals surface area contributed by atoms with Crippen molar-refractivity contribution >= 4 is 23.8 Å². The third-order valence-corrected chi connectivity index (χ3v) is 6.81. The highest BCUT2D eigenvalue weighted by Crippen LogP contribution is 2.30. The van der Waals surface area contributed by atoms with Gasteiger partial charge < -0.3 is 31.1 Å². The van der Waals surface area contributed by atoms with E-state index >= 15 is 0 Å². The molecule has 0 aromatic heterocycles. The molecule has 5 N–H and O–H groups in total. The van der Waals surface area contributed by atoms with Gasteiger partial charge in [0.1, 0.15) is 23.4 Å². The van der Waals surface area contributed by atoms with Gasteiger partial charge in [-0.05, 0) is 45.2 Å². The van der Waals surface area contributed by atoms with Gasteiger partial charge in [0.2, 0.25) is 17.7 Å². The minimum atomic E-state index is -1.20. The summed E-state index contributed by atoms with van der Waals surface area (Å²) in [7, 11) is 0. The van der Waals surface area contributed by atoms with E-state index in [1.165, 1.54) is 11.0 Å². The monoisotopic (exact) mass is 596 g/mol. The maximum Gasteiger partial charge on any atom is 0.408 e. The van der Waals surface area contributed by atoms with Crippen LogP contribution in [0.5, 0.6) is 5.75 Å². The predicted molar refractivity (Wildman–Crippen MR) is 166 cm³/mol. The molecule has 10 nitrogen and oxygen atoms in total. The van der Waals surface area contributed by atoms with Gasteiger partial charge in [-0.3, -0.25) is 14.4 Å². The van der Waals surface area contributed by atoms with Gasteiger partial charge in [0.25, 0.3) is 0 Å². The van der Waals surface area contributed by atoms with Crippen LogP contribution in [0.2, 0.25) is 0 Å². The van der Waals surface area contributed by atoms with E-state index in [0.29, 0.717) is 6.42 Å². The summed E-state index contributed by atoms with van der Waals surface area (Å²) < 4.78 is 5.38. The van der Waals surface area contributed by atoms with Crippen LogP contribution < -0.4 is 16.4 Å². The second-order valence-electron chi connectivity index (χ2n) is 11.7. The number of carbonyl (C=O) groups is 4. The van der Waals surface area contributed by atoms with E-state index in [2.05, 4.69) is 17.6 Å². The quantitative estimate of drug-likeness (QED) is 0.187. The Kier molecular flexibility index (Phi) is 14.5. The van der Waals surface area contributed by atoms with Gasteiger partial charge in [-0.2, -0.15) is 0 Å². The zero-order valence-corrected chi connectivity index (χ0v) is 25.9. The van der Waals surface area contributed by atoms with Crippen molar-refractivity contribution in [3.8, 4) is 5.75 Å². The van der Waals surface area contributed by atoms with Crippen LogP contribution in [0, 0.1) is 0 Å². The number of ether oxygens (including phenoxy) is 1. The Morgan fingerprint density at radius 1 is 0.930 bits per heavy atom. The number of amides is 4. The van der Waals surface area contributed by atoms with E-state index in [1.807, 2.05) is 30.3 Å². The molecule has 0 aliphatic rings. The number of unbranched alkanes of at least 4 members (excludes halogenated alkanes) is 5. The van der Waals surface area contributed by atoms with Crippen molar-refractivity contribution in [2.75, 3.05) is 6.54 Å². The number of hydrogen-bond acceptors (Lipinski definition) is 6. The molecule has 2 unspecified atom stereocenters. The second-order valence-corrected chi connectivity index (χ2v) is 11.7. The molecule has 10 heteroatoms. The first-order valence-electron chi connectivity index (χ1n) is 15.1. The molecular weight excluding hydrogens is 548 g/mol. The van der Waals surface area contributed by atoms with Crippen molar-refractivity contribution in [3.05, 3.63) is 65.7 Å². The molecule has 0 saturated heterocycles. The number of phenolic OH excluding ortho intramolecular Hbond substituents is 1. The lowest BCUT2D eigenvalue weighted by molar-refractivity contribution is -0.143. The number of hydrogen-bond donors (Lipinski definition) is 4. The van der Waals surface area contributed by atoms with E-state index in [1.54, 1.807) is 39.0 Å². The normalized spacial score (nSPS) is 12.6. The Hall–Kier alpha value is -4.08. The first kappa shape index (κ1) is 35.1. The van der Waals surface area contributed by atoms with Crippen molar-refractivity contribution in [3.63, 3.8) is 0 Å². The lowest BCUT2D eigenvalue weighted by Crippen LogP contribution is -2.53. The summed E-state index contributed by atoms with van der Waals surface area (Å²) in [5.74, 6) is -1.85. The SMILES string of the molecule is CCCCCCCCN(C(=O)C(CCC(N)=O)NC(=O)OC(C)(C)C)C(C(=O)NCc1ccccc1)c1ccccc1O. The summed E-state index contributed by atoms with van der Waals surface area (Å²) in [5, 5.41) is 16.3. The minimum absolute atomic E-state index is 0.0838. The molecule has 2 rings (SSSR count).